The fourth-order valence-electron chi connectivity index (χ4n) is 14.7. The van der Waals surface area contributed by atoms with Crippen molar-refractivity contribution < 1.29 is 29.0 Å². The molecule has 0 radical (unpaired) electrons. The minimum absolute atomic E-state index is 0.0168. The van der Waals surface area contributed by atoms with E-state index in [0.29, 0.717) is 49.0 Å². The second-order valence-electron chi connectivity index (χ2n) is 21.2. The molecule has 2 N–H and O–H groups in total. The molecule has 0 aromatic heterocycles. The SMILES string of the molecule is C=C(C)[C@@H]1CC[C@]2(CC(=O)N3CC[C@H](NC(=O)CC)C3)CC[C@]3(C)[C@H](CC[C@@H]4[C@@]5(C)CC[C@H](OC(=O)CC(C)(C)CC(=O)O)C(C)(C)[C@@H]5CC[C@]43C)[C@@H]12. The van der Waals surface area contributed by atoms with Gasteiger partial charge in [0.25, 0.3) is 0 Å². The van der Waals surface area contributed by atoms with Gasteiger partial charge in [-0.1, -0.05) is 67.5 Å². The molecule has 0 aromatic carbocycles. The summed E-state index contributed by atoms with van der Waals surface area (Å²) >= 11 is 0. The van der Waals surface area contributed by atoms with Crippen LogP contribution in [-0.4, -0.2) is 59.0 Å². The summed E-state index contributed by atoms with van der Waals surface area (Å²) in [5.74, 6) is 1.70. The van der Waals surface area contributed by atoms with Crippen LogP contribution in [0.5, 0.6) is 0 Å². The molecular formula is C45H72N2O6. The van der Waals surface area contributed by atoms with Gasteiger partial charge < -0.3 is 20.1 Å². The number of hydrogen-bond acceptors (Lipinski definition) is 5. The topological polar surface area (TPSA) is 113 Å². The zero-order valence-corrected chi connectivity index (χ0v) is 34.7. The van der Waals surface area contributed by atoms with Crippen LogP contribution in [0.1, 0.15) is 159 Å². The van der Waals surface area contributed by atoms with Gasteiger partial charge in [-0.3, -0.25) is 19.2 Å². The van der Waals surface area contributed by atoms with Gasteiger partial charge in [0.05, 0.1) is 12.8 Å². The molecule has 298 valence electrons. The van der Waals surface area contributed by atoms with Crippen LogP contribution in [0.15, 0.2) is 12.2 Å². The van der Waals surface area contributed by atoms with Crippen LogP contribution in [0, 0.1) is 62.1 Å². The maximum atomic E-state index is 14.2. The lowest BCUT2D eigenvalue weighted by Gasteiger charge is -2.73. The van der Waals surface area contributed by atoms with Gasteiger partial charge >= 0.3 is 11.9 Å². The van der Waals surface area contributed by atoms with Crippen LogP contribution in [0.25, 0.3) is 0 Å². The van der Waals surface area contributed by atoms with Crippen molar-refractivity contribution in [3.05, 3.63) is 12.2 Å². The lowest BCUT2D eigenvalue weighted by atomic mass is 9.32. The quantitative estimate of drug-likeness (QED) is 0.171. The number of ether oxygens (including phenoxy) is 1. The van der Waals surface area contributed by atoms with E-state index in [1.807, 2.05) is 25.7 Å². The van der Waals surface area contributed by atoms with Crippen LogP contribution in [0.3, 0.4) is 0 Å². The zero-order valence-electron chi connectivity index (χ0n) is 34.7. The van der Waals surface area contributed by atoms with Crippen LogP contribution in [0.4, 0.5) is 0 Å². The number of carbonyl (C=O) groups excluding carboxylic acids is 3. The Morgan fingerprint density at radius 1 is 0.868 bits per heavy atom. The second kappa shape index (κ2) is 14.0. The molecule has 0 unspecified atom stereocenters. The van der Waals surface area contributed by atoms with Crippen LogP contribution >= 0.6 is 0 Å². The number of hydrogen-bond donors (Lipinski definition) is 2. The first-order valence-electron chi connectivity index (χ1n) is 21.3. The Balaban J connectivity index is 1.21. The van der Waals surface area contributed by atoms with Crippen LogP contribution in [-0.2, 0) is 23.9 Å². The standard InChI is InChI=1S/C45H72N2O6/c1-11-35(48)46-29-17-23-47(27-29)36(49)24-45-20-14-30(28(2)3)39(45)31-12-13-33-42(8)18-16-34(53-38(52)26-40(4,5)25-37(50)51)41(6,7)32(42)15-19-44(33,10)43(31,9)21-22-45/h29-34,39H,2,11-27H2,1,3-10H3,(H,46,48)(H,50,51)/t29-,30-,31+,32-,33+,34-,39+,42-,43+,44+,45+/m0/s1. The van der Waals surface area contributed by atoms with Crippen LogP contribution in [0.2, 0.25) is 0 Å². The molecule has 0 bridgehead atoms. The molecule has 6 rings (SSSR count). The minimum Gasteiger partial charge on any atom is -0.481 e. The monoisotopic (exact) mass is 737 g/mol. The summed E-state index contributed by atoms with van der Waals surface area (Å²) < 4.78 is 6.28. The fourth-order valence-corrected chi connectivity index (χ4v) is 14.7. The van der Waals surface area contributed by atoms with Crippen molar-refractivity contribution >= 4 is 23.8 Å². The molecule has 6 aliphatic rings. The highest BCUT2D eigenvalue weighted by Gasteiger charge is 2.71. The highest BCUT2D eigenvalue weighted by molar-refractivity contribution is 5.78. The average Bonchev–Trinajstić information content (AvgIpc) is 3.67. The Bertz CT molecular complexity index is 1490. The molecule has 1 saturated heterocycles. The molecule has 8 heteroatoms. The van der Waals surface area contributed by atoms with Gasteiger partial charge in [-0.05, 0) is 134 Å². The zero-order chi connectivity index (χ0) is 38.9. The number of likely N-dealkylation sites (tertiary alicyclic amines) is 1. The van der Waals surface area contributed by atoms with E-state index in [-0.39, 0.29) is 69.8 Å². The number of amides is 2. The third kappa shape index (κ3) is 6.80. The van der Waals surface area contributed by atoms with E-state index < -0.39 is 11.4 Å². The molecule has 2 amide bonds. The predicted molar refractivity (Wildman–Crippen MR) is 208 cm³/mol. The number of allylic oxidation sites excluding steroid dienone is 1. The number of rotatable bonds is 10. The molecular weight excluding hydrogens is 665 g/mol. The van der Waals surface area contributed by atoms with Gasteiger partial charge in [0, 0.05) is 37.4 Å². The van der Waals surface area contributed by atoms with Gasteiger partial charge in [0.2, 0.25) is 11.8 Å². The smallest absolute Gasteiger partial charge is 0.306 e. The van der Waals surface area contributed by atoms with E-state index in [0.717, 1.165) is 51.5 Å². The van der Waals surface area contributed by atoms with Crippen molar-refractivity contribution in [2.45, 2.75) is 171 Å². The maximum absolute atomic E-state index is 14.2. The second-order valence-corrected chi connectivity index (χ2v) is 21.2. The van der Waals surface area contributed by atoms with Gasteiger partial charge in [-0.25, -0.2) is 0 Å². The lowest BCUT2D eigenvalue weighted by Crippen LogP contribution is -2.67. The van der Waals surface area contributed by atoms with Crippen LogP contribution < -0.4 is 5.32 Å². The van der Waals surface area contributed by atoms with E-state index in [2.05, 4.69) is 53.4 Å². The average molecular weight is 737 g/mol. The Hall–Kier alpha value is -2.38. The first-order chi connectivity index (χ1) is 24.6. The third-order valence-corrected chi connectivity index (χ3v) is 17.4. The van der Waals surface area contributed by atoms with Crippen molar-refractivity contribution in [3.8, 4) is 0 Å². The Kier molecular flexibility index (Phi) is 10.6. The molecule has 11 atom stereocenters. The number of nitrogens with one attached hydrogen (secondary N) is 1. The van der Waals surface area contributed by atoms with Gasteiger partial charge in [0.15, 0.2) is 0 Å². The first kappa shape index (κ1) is 40.3. The summed E-state index contributed by atoms with van der Waals surface area (Å²) in [7, 11) is 0. The molecule has 0 aromatic rings. The molecule has 0 spiro atoms. The number of carboxylic acid groups (broad SMARTS) is 1. The van der Waals surface area contributed by atoms with E-state index in [9.17, 15) is 24.3 Å². The number of fused-ring (bicyclic) bond motifs is 7. The maximum Gasteiger partial charge on any atom is 0.306 e. The molecule has 5 saturated carbocycles. The van der Waals surface area contributed by atoms with E-state index >= 15 is 0 Å². The molecule has 5 aliphatic carbocycles. The van der Waals surface area contributed by atoms with E-state index in [1.54, 1.807) is 0 Å². The summed E-state index contributed by atoms with van der Waals surface area (Å²) in [4.78, 5) is 53.0. The Morgan fingerprint density at radius 3 is 2.25 bits per heavy atom. The summed E-state index contributed by atoms with van der Waals surface area (Å²) in [6.45, 7) is 26.2. The largest absolute Gasteiger partial charge is 0.481 e. The summed E-state index contributed by atoms with van der Waals surface area (Å²) in [5, 5.41) is 12.5. The first-order valence-corrected chi connectivity index (χ1v) is 21.3. The summed E-state index contributed by atoms with van der Waals surface area (Å²) in [5.41, 5.74) is 0.985. The normalized spacial score (nSPS) is 41.7. The van der Waals surface area contributed by atoms with E-state index in [4.69, 9.17) is 4.74 Å². The van der Waals surface area contributed by atoms with Crippen molar-refractivity contribution in [1.82, 2.24) is 10.2 Å². The molecule has 6 fully saturated rings. The minimum atomic E-state index is -0.888. The molecule has 8 nitrogen and oxygen atoms in total. The highest BCUT2D eigenvalue weighted by atomic mass is 16.5. The molecule has 1 heterocycles. The summed E-state index contributed by atoms with van der Waals surface area (Å²) in [6.07, 6.45) is 13.0. The highest BCUT2D eigenvalue weighted by Crippen LogP contribution is 2.78. The summed E-state index contributed by atoms with van der Waals surface area (Å²) in [6, 6.07) is 0.0656. The number of esters is 1. The molecule has 53 heavy (non-hydrogen) atoms. The van der Waals surface area contributed by atoms with Crippen molar-refractivity contribution in [2.75, 3.05) is 13.1 Å². The van der Waals surface area contributed by atoms with Crippen molar-refractivity contribution in [3.63, 3.8) is 0 Å². The Morgan fingerprint density at radius 2 is 1.58 bits per heavy atom. The Labute approximate surface area is 320 Å². The van der Waals surface area contributed by atoms with E-state index in [1.165, 1.54) is 31.3 Å². The predicted octanol–water partition coefficient (Wildman–Crippen LogP) is 8.96. The van der Waals surface area contributed by atoms with Gasteiger partial charge in [-0.15, -0.1) is 0 Å². The molecule has 1 aliphatic heterocycles. The number of aliphatic carboxylic acids is 1. The number of carbonyl (C=O) groups is 4. The van der Waals surface area contributed by atoms with Gasteiger partial charge in [0.1, 0.15) is 6.10 Å². The van der Waals surface area contributed by atoms with Crippen molar-refractivity contribution in [1.29, 1.82) is 0 Å². The lowest BCUT2D eigenvalue weighted by molar-refractivity contribution is -0.250. The number of nitrogens with zero attached hydrogens (tertiary/aromatic N) is 1. The van der Waals surface area contributed by atoms with Gasteiger partial charge in [-0.2, -0.15) is 0 Å². The van der Waals surface area contributed by atoms with Crippen molar-refractivity contribution in [2.24, 2.45) is 62.1 Å². The fraction of sp³-hybridized carbons (Fsp3) is 0.867. The number of carboxylic acids is 1. The third-order valence-electron chi connectivity index (χ3n) is 17.4.